The Balaban J connectivity index is 2.61. The highest BCUT2D eigenvalue weighted by atomic mass is 79.9. The van der Waals surface area contributed by atoms with Crippen molar-refractivity contribution in [3.05, 3.63) is 44.7 Å². The van der Waals surface area contributed by atoms with Crippen molar-refractivity contribution in [2.45, 2.75) is 0 Å². The molecule has 1 aromatic heterocycles. The number of hydrogen-bond donors (Lipinski definition) is 2. The molecule has 6 heteroatoms. The summed E-state index contributed by atoms with van der Waals surface area (Å²) >= 11 is 3.35. The number of halogens is 1. The van der Waals surface area contributed by atoms with Gasteiger partial charge in [0, 0.05) is 35.0 Å². The number of H-pyrrole nitrogens is 1. The summed E-state index contributed by atoms with van der Waals surface area (Å²) < 4.78 is 0.825. The van der Waals surface area contributed by atoms with Crippen molar-refractivity contribution in [2.24, 2.45) is 0 Å². The number of carbonyl (C=O) groups excluding carboxylic acids is 1. The van der Waals surface area contributed by atoms with E-state index in [9.17, 15) is 9.59 Å². The number of carbonyl (C=O) groups is 1. The molecule has 0 saturated carbocycles. The van der Waals surface area contributed by atoms with Crippen LogP contribution in [0.15, 0.2) is 33.5 Å². The Kier molecular flexibility index (Phi) is 4.01. The lowest BCUT2D eigenvalue weighted by Gasteiger charge is -2.16. The molecular weight excluding hydrogens is 312 g/mol. The molecule has 0 unspecified atom stereocenters. The van der Waals surface area contributed by atoms with Gasteiger partial charge in [0.25, 0.3) is 5.91 Å². The Labute approximate surface area is 118 Å². The van der Waals surface area contributed by atoms with Gasteiger partial charge in [-0.05, 0) is 18.2 Å². The van der Waals surface area contributed by atoms with Gasteiger partial charge < -0.3 is 15.0 Å². The number of likely N-dealkylation sites (N-methyl/N-ethyl adjacent to an activating group) is 1. The van der Waals surface area contributed by atoms with Crippen molar-refractivity contribution in [1.82, 2.24) is 9.88 Å². The summed E-state index contributed by atoms with van der Waals surface area (Å²) in [7, 11) is 1.59. The van der Waals surface area contributed by atoms with Gasteiger partial charge in [-0.2, -0.15) is 0 Å². The SMILES string of the molecule is CN(CCO)C(=O)c1cc(=O)[nH]c2ccc(Br)cc12. The van der Waals surface area contributed by atoms with Crippen LogP contribution >= 0.6 is 15.9 Å². The number of pyridine rings is 1. The molecule has 0 fully saturated rings. The van der Waals surface area contributed by atoms with Crippen LogP contribution in [0, 0.1) is 0 Å². The normalized spacial score (nSPS) is 10.7. The van der Waals surface area contributed by atoms with E-state index in [1.807, 2.05) is 0 Å². The molecular formula is C13H13BrN2O3. The highest BCUT2D eigenvalue weighted by Gasteiger charge is 2.15. The van der Waals surface area contributed by atoms with E-state index in [2.05, 4.69) is 20.9 Å². The largest absolute Gasteiger partial charge is 0.395 e. The molecule has 0 saturated heterocycles. The number of hydrogen-bond acceptors (Lipinski definition) is 3. The molecule has 0 aliphatic carbocycles. The van der Waals surface area contributed by atoms with E-state index in [4.69, 9.17) is 5.11 Å². The van der Waals surface area contributed by atoms with E-state index in [1.165, 1.54) is 11.0 Å². The number of amides is 1. The smallest absolute Gasteiger partial charge is 0.254 e. The molecule has 0 bridgehead atoms. The van der Waals surface area contributed by atoms with Crippen molar-refractivity contribution in [3.63, 3.8) is 0 Å². The fraction of sp³-hybridized carbons (Fsp3) is 0.231. The van der Waals surface area contributed by atoms with Gasteiger partial charge in [-0.1, -0.05) is 15.9 Å². The Bertz CT molecular complexity index is 681. The maximum Gasteiger partial charge on any atom is 0.254 e. The van der Waals surface area contributed by atoms with Gasteiger partial charge in [-0.15, -0.1) is 0 Å². The molecule has 0 radical (unpaired) electrons. The summed E-state index contributed by atoms with van der Waals surface area (Å²) in [4.78, 5) is 27.9. The molecule has 5 nitrogen and oxygen atoms in total. The average Bonchev–Trinajstić information content (AvgIpc) is 2.38. The van der Waals surface area contributed by atoms with Crippen molar-refractivity contribution >= 4 is 32.7 Å². The molecule has 1 amide bonds. The van der Waals surface area contributed by atoms with Crippen LogP contribution < -0.4 is 5.56 Å². The van der Waals surface area contributed by atoms with Crippen LogP contribution in [0.4, 0.5) is 0 Å². The number of aliphatic hydroxyl groups excluding tert-OH is 1. The average molecular weight is 325 g/mol. The number of nitrogens with one attached hydrogen (secondary N) is 1. The second kappa shape index (κ2) is 5.54. The number of nitrogens with zero attached hydrogens (tertiary/aromatic N) is 1. The number of rotatable bonds is 3. The maximum absolute atomic E-state index is 12.3. The van der Waals surface area contributed by atoms with Crippen molar-refractivity contribution in [1.29, 1.82) is 0 Å². The third-order valence-electron chi connectivity index (χ3n) is 2.82. The monoisotopic (exact) mass is 324 g/mol. The Morgan fingerprint density at radius 1 is 1.42 bits per heavy atom. The molecule has 0 aliphatic heterocycles. The van der Waals surface area contributed by atoms with Crippen LogP contribution in [0.2, 0.25) is 0 Å². The van der Waals surface area contributed by atoms with Gasteiger partial charge in [0.2, 0.25) is 5.56 Å². The maximum atomic E-state index is 12.3. The van der Waals surface area contributed by atoms with Gasteiger partial charge >= 0.3 is 0 Å². The molecule has 0 spiro atoms. The van der Waals surface area contributed by atoms with Crippen LogP contribution in [0.3, 0.4) is 0 Å². The summed E-state index contributed by atoms with van der Waals surface area (Å²) in [5.74, 6) is -0.289. The van der Waals surface area contributed by atoms with Gasteiger partial charge in [-0.3, -0.25) is 9.59 Å². The Morgan fingerprint density at radius 3 is 2.84 bits per heavy atom. The summed E-state index contributed by atoms with van der Waals surface area (Å²) in [6.07, 6.45) is 0. The number of aromatic nitrogens is 1. The lowest BCUT2D eigenvalue weighted by Crippen LogP contribution is -2.30. The molecule has 1 heterocycles. The Morgan fingerprint density at radius 2 is 2.16 bits per heavy atom. The minimum atomic E-state index is -0.324. The number of fused-ring (bicyclic) bond motifs is 1. The summed E-state index contributed by atoms with van der Waals surface area (Å²) in [5, 5.41) is 9.55. The van der Waals surface area contributed by atoms with Crippen molar-refractivity contribution in [2.75, 3.05) is 20.2 Å². The fourth-order valence-corrected chi connectivity index (χ4v) is 2.22. The molecule has 100 valence electrons. The third-order valence-corrected chi connectivity index (χ3v) is 3.31. The van der Waals surface area contributed by atoms with Crippen LogP contribution in [0.5, 0.6) is 0 Å². The summed E-state index contributed by atoms with van der Waals surface area (Å²) in [5.41, 5.74) is 0.614. The fourth-order valence-electron chi connectivity index (χ4n) is 1.86. The van der Waals surface area contributed by atoms with Crippen LogP contribution in [0.25, 0.3) is 10.9 Å². The minimum absolute atomic E-state index is 0.118. The lowest BCUT2D eigenvalue weighted by atomic mass is 10.1. The third kappa shape index (κ3) is 2.85. The molecule has 0 atom stereocenters. The van der Waals surface area contributed by atoms with Crippen LogP contribution in [-0.2, 0) is 0 Å². The molecule has 1 aromatic carbocycles. The second-order valence-corrected chi connectivity index (χ2v) is 5.10. The first-order chi connectivity index (χ1) is 9.02. The lowest BCUT2D eigenvalue weighted by molar-refractivity contribution is 0.0768. The van der Waals surface area contributed by atoms with Crippen molar-refractivity contribution < 1.29 is 9.90 Å². The van der Waals surface area contributed by atoms with Crippen LogP contribution in [0.1, 0.15) is 10.4 Å². The molecule has 2 rings (SSSR count). The quantitative estimate of drug-likeness (QED) is 0.895. The zero-order chi connectivity index (χ0) is 14.0. The topological polar surface area (TPSA) is 73.4 Å². The van der Waals surface area contributed by atoms with E-state index in [-0.39, 0.29) is 24.6 Å². The van der Waals surface area contributed by atoms with Gasteiger partial charge in [0.05, 0.1) is 12.2 Å². The summed E-state index contributed by atoms with van der Waals surface area (Å²) in [6.45, 7) is 0.105. The predicted molar refractivity (Wildman–Crippen MR) is 76.3 cm³/mol. The standard InChI is InChI=1S/C13H13BrN2O3/c1-16(4-5-17)13(19)10-7-12(18)15-11-3-2-8(14)6-9(10)11/h2-3,6-7,17H,4-5H2,1H3,(H,15,18). The molecule has 2 N–H and O–H groups in total. The van der Waals surface area contributed by atoms with E-state index in [0.717, 1.165) is 4.47 Å². The van der Waals surface area contributed by atoms with Gasteiger partial charge in [0.15, 0.2) is 0 Å². The van der Waals surface area contributed by atoms with Gasteiger partial charge in [-0.25, -0.2) is 0 Å². The zero-order valence-electron chi connectivity index (χ0n) is 10.3. The minimum Gasteiger partial charge on any atom is -0.395 e. The Hall–Kier alpha value is -1.66. The predicted octanol–water partition coefficient (Wildman–Crippen LogP) is 1.35. The molecule has 19 heavy (non-hydrogen) atoms. The van der Waals surface area contributed by atoms with E-state index in [0.29, 0.717) is 16.5 Å². The number of benzene rings is 1. The van der Waals surface area contributed by atoms with E-state index in [1.54, 1.807) is 25.2 Å². The van der Waals surface area contributed by atoms with Crippen LogP contribution in [-0.4, -0.2) is 41.1 Å². The summed E-state index contributed by atoms with van der Waals surface area (Å²) in [6, 6.07) is 6.60. The number of aliphatic hydroxyl groups is 1. The zero-order valence-corrected chi connectivity index (χ0v) is 11.9. The highest BCUT2D eigenvalue weighted by molar-refractivity contribution is 9.10. The van der Waals surface area contributed by atoms with E-state index < -0.39 is 0 Å². The number of aromatic amines is 1. The first-order valence-electron chi connectivity index (χ1n) is 5.72. The van der Waals surface area contributed by atoms with Gasteiger partial charge in [0.1, 0.15) is 0 Å². The first-order valence-corrected chi connectivity index (χ1v) is 6.51. The molecule has 2 aromatic rings. The first kappa shape index (κ1) is 13.8. The van der Waals surface area contributed by atoms with E-state index >= 15 is 0 Å². The van der Waals surface area contributed by atoms with Crippen molar-refractivity contribution in [3.8, 4) is 0 Å². The molecule has 0 aliphatic rings. The second-order valence-electron chi connectivity index (χ2n) is 4.19. The highest BCUT2D eigenvalue weighted by Crippen LogP contribution is 2.21.